The molecule has 3 heterocycles. The molecule has 2 aromatic heterocycles. The zero-order chi connectivity index (χ0) is 24.2. The van der Waals surface area contributed by atoms with Gasteiger partial charge in [0.2, 0.25) is 5.91 Å². The zero-order valence-electron chi connectivity index (χ0n) is 19.2. The highest BCUT2D eigenvalue weighted by molar-refractivity contribution is 7.80. The van der Waals surface area contributed by atoms with E-state index in [0.717, 1.165) is 22.8 Å². The molecule has 4 aromatic rings. The third kappa shape index (κ3) is 4.66. The molecule has 7 nitrogen and oxygen atoms in total. The van der Waals surface area contributed by atoms with E-state index in [1.54, 1.807) is 6.20 Å². The fourth-order valence-electron chi connectivity index (χ4n) is 4.43. The van der Waals surface area contributed by atoms with E-state index in [1.165, 1.54) is 7.11 Å². The molecule has 35 heavy (non-hydrogen) atoms. The molecule has 2 atom stereocenters. The lowest BCUT2D eigenvalue weighted by Crippen LogP contribution is -2.30. The molecule has 1 aliphatic rings. The number of carbonyl (C=O) groups excluding carboxylic acids is 1. The molecule has 8 heteroatoms. The number of pyridine rings is 1. The van der Waals surface area contributed by atoms with E-state index >= 15 is 0 Å². The van der Waals surface area contributed by atoms with Crippen molar-refractivity contribution in [2.24, 2.45) is 0 Å². The fraction of sp³-hybridized carbons (Fsp3) is 0.148. The zero-order valence-corrected chi connectivity index (χ0v) is 20.0. The Balaban J connectivity index is 1.55. The van der Waals surface area contributed by atoms with Crippen molar-refractivity contribution in [3.8, 4) is 5.69 Å². The normalized spacial score (nSPS) is 17.3. The van der Waals surface area contributed by atoms with E-state index in [4.69, 9.17) is 17.0 Å². The summed E-state index contributed by atoms with van der Waals surface area (Å²) in [6.45, 7) is 0.00614. The van der Waals surface area contributed by atoms with Crippen molar-refractivity contribution in [3.63, 3.8) is 0 Å². The number of benzene rings is 2. The van der Waals surface area contributed by atoms with E-state index in [0.29, 0.717) is 10.8 Å². The van der Waals surface area contributed by atoms with Gasteiger partial charge in [0.05, 0.1) is 11.7 Å². The number of anilines is 2. The monoisotopic (exact) mass is 483 g/mol. The first-order valence-corrected chi connectivity index (χ1v) is 11.7. The Hall–Kier alpha value is -4.01. The molecule has 1 amide bonds. The maximum atomic E-state index is 11.9. The molecule has 5 rings (SSSR count). The minimum atomic E-state index is -0.201. The molecular weight excluding hydrogens is 458 g/mol. The van der Waals surface area contributed by atoms with Crippen LogP contribution < -0.4 is 15.5 Å². The average Bonchev–Trinajstić information content (AvgIpc) is 3.50. The van der Waals surface area contributed by atoms with Crippen molar-refractivity contribution in [2.75, 3.05) is 23.9 Å². The highest BCUT2D eigenvalue weighted by atomic mass is 32.1. The van der Waals surface area contributed by atoms with Crippen molar-refractivity contribution < 1.29 is 9.53 Å². The van der Waals surface area contributed by atoms with Crippen molar-refractivity contribution in [2.45, 2.75) is 12.1 Å². The lowest BCUT2D eigenvalue weighted by molar-refractivity contribution is -0.119. The largest absolute Gasteiger partial charge is 0.375 e. The van der Waals surface area contributed by atoms with Crippen LogP contribution in [0.3, 0.4) is 0 Å². The van der Waals surface area contributed by atoms with Crippen LogP contribution >= 0.6 is 12.2 Å². The number of nitrogens with zero attached hydrogens (tertiary/aromatic N) is 3. The first kappa shape index (κ1) is 22.8. The van der Waals surface area contributed by atoms with Crippen LogP contribution in [0.2, 0.25) is 0 Å². The van der Waals surface area contributed by atoms with Gasteiger partial charge in [-0.25, -0.2) is 0 Å². The highest BCUT2D eigenvalue weighted by Crippen LogP contribution is 2.42. The standard InChI is InChI=1S/C27H25N5O2S/c1-34-18-24(33)29-19-12-14-21(15-13-19)32-26(25(30-27(32)35)22-10-5-6-16-28-22)23-11-7-17-31(23)20-8-3-2-4-9-20/h2-17,25-26H,18H2,1H3,(H,29,33)(H,30,35)/t25-,26-/m0/s1. The molecule has 2 aromatic carbocycles. The number of amides is 1. The topological polar surface area (TPSA) is 71.4 Å². The van der Waals surface area contributed by atoms with Crippen LogP contribution in [-0.4, -0.2) is 34.3 Å². The number of carbonyl (C=O) groups is 1. The third-order valence-electron chi connectivity index (χ3n) is 5.92. The van der Waals surface area contributed by atoms with Crippen LogP contribution in [0.5, 0.6) is 0 Å². The molecule has 0 unspecified atom stereocenters. The Morgan fingerprint density at radius 2 is 1.77 bits per heavy atom. The quantitative estimate of drug-likeness (QED) is 0.374. The van der Waals surface area contributed by atoms with Gasteiger partial charge in [0.1, 0.15) is 12.6 Å². The summed E-state index contributed by atoms with van der Waals surface area (Å²) in [5, 5.41) is 6.94. The van der Waals surface area contributed by atoms with Crippen molar-refractivity contribution in [1.29, 1.82) is 0 Å². The van der Waals surface area contributed by atoms with Gasteiger partial charge in [-0.05, 0) is 72.9 Å². The lowest BCUT2D eigenvalue weighted by atomic mass is 10.0. The van der Waals surface area contributed by atoms with Gasteiger partial charge < -0.3 is 24.8 Å². The van der Waals surface area contributed by atoms with E-state index in [9.17, 15) is 4.79 Å². The second-order valence-electron chi connectivity index (χ2n) is 8.16. The van der Waals surface area contributed by atoms with E-state index < -0.39 is 0 Å². The van der Waals surface area contributed by atoms with Crippen LogP contribution in [0.4, 0.5) is 11.4 Å². The number of nitrogens with one attached hydrogen (secondary N) is 2. The highest BCUT2D eigenvalue weighted by Gasteiger charge is 2.42. The van der Waals surface area contributed by atoms with Gasteiger partial charge >= 0.3 is 0 Å². The summed E-state index contributed by atoms with van der Waals surface area (Å²) in [7, 11) is 1.49. The van der Waals surface area contributed by atoms with Crippen molar-refractivity contribution >= 4 is 34.6 Å². The number of para-hydroxylation sites is 1. The molecule has 1 aliphatic heterocycles. The predicted octanol–water partition coefficient (Wildman–Crippen LogP) is 4.63. The minimum absolute atomic E-state index is 0.00614. The summed E-state index contributed by atoms with van der Waals surface area (Å²) in [6.07, 6.45) is 3.86. The number of hydrogen-bond donors (Lipinski definition) is 2. The number of methoxy groups -OCH3 is 1. The third-order valence-corrected chi connectivity index (χ3v) is 6.24. The molecule has 2 N–H and O–H groups in total. The molecule has 0 bridgehead atoms. The summed E-state index contributed by atoms with van der Waals surface area (Å²) in [5.41, 5.74) is 4.67. The van der Waals surface area contributed by atoms with Crippen LogP contribution in [0.1, 0.15) is 23.5 Å². The van der Waals surface area contributed by atoms with Gasteiger partial charge in [-0.2, -0.15) is 0 Å². The molecule has 1 fully saturated rings. The molecule has 0 spiro atoms. The van der Waals surface area contributed by atoms with Gasteiger partial charge in [-0.15, -0.1) is 0 Å². The molecule has 0 aliphatic carbocycles. The molecule has 0 saturated carbocycles. The Morgan fingerprint density at radius 3 is 2.49 bits per heavy atom. The smallest absolute Gasteiger partial charge is 0.250 e. The Morgan fingerprint density at radius 1 is 1.00 bits per heavy atom. The summed E-state index contributed by atoms with van der Waals surface area (Å²) in [5.74, 6) is -0.201. The lowest BCUT2D eigenvalue weighted by Gasteiger charge is -2.29. The second kappa shape index (κ2) is 10.1. The van der Waals surface area contributed by atoms with Gasteiger partial charge in [0.15, 0.2) is 5.11 Å². The number of aromatic nitrogens is 2. The summed E-state index contributed by atoms with van der Waals surface area (Å²) in [6, 6.07) is 27.7. The minimum Gasteiger partial charge on any atom is -0.375 e. The number of thiocarbonyl (C=S) groups is 1. The number of ether oxygens (including phenoxy) is 1. The first-order valence-electron chi connectivity index (χ1n) is 11.3. The van der Waals surface area contributed by atoms with Gasteiger partial charge in [-0.1, -0.05) is 24.3 Å². The van der Waals surface area contributed by atoms with E-state index in [1.807, 2.05) is 66.7 Å². The maximum absolute atomic E-state index is 11.9. The average molecular weight is 484 g/mol. The summed E-state index contributed by atoms with van der Waals surface area (Å²) in [4.78, 5) is 18.6. The Bertz CT molecular complexity index is 1310. The van der Waals surface area contributed by atoms with Crippen LogP contribution in [0.25, 0.3) is 5.69 Å². The van der Waals surface area contributed by atoms with Crippen molar-refractivity contribution in [3.05, 3.63) is 109 Å². The summed E-state index contributed by atoms with van der Waals surface area (Å²) < 4.78 is 7.08. The van der Waals surface area contributed by atoms with E-state index in [-0.39, 0.29) is 24.6 Å². The van der Waals surface area contributed by atoms with E-state index in [2.05, 4.69) is 49.5 Å². The number of hydrogen-bond acceptors (Lipinski definition) is 4. The van der Waals surface area contributed by atoms with Crippen LogP contribution in [0, 0.1) is 0 Å². The summed E-state index contributed by atoms with van der Waals surface area (Å²) >= 11 is 5.84. The predicted molar refractivity (Wildman–Crippen MR) is 141 cm³/mol. The maximum Gasteiger partial charge on any atom is 0.250 e. The van der Waals surface area contributed by atoms with Gasteiger partial charge in [0.25, 0.3) is 0 Å². The van der Waals surface area contributed by atoms with Crippen molar-refractivity contribution in [1.82, 2.24) is 14.9 Å². The molecule has 176 valence electrons. The van der Waals surface area contributed by atoms with Gasteiger partial charge in [-0.3, -0.25) is 9.78 Å². The van der Waals surface area contributed by atoms with Crippen LogP contribution in [0.15, 0.2) is 97.3 Å². The SMILES string of the molecule is COCC(=O)Nc1ccc(N2C(=S)N[C@@H](c3ccccn3)[C@@H]2c2cccn2-c2ccccc2)cc1. The Labute approximate surface area is 209 Å². The second-order valence-corrected chi connectivity index (χ2v) is 8.55. The fourth-order valence-corrected chi connectivity index (χ4v) is 4.77. The number of rotatable bonds is 7. The molecular formula is C27H25N5O2S. The first-order chi connectivity index (χ1) is 17.2. The Kier molecular flexibility index (Phi) is 6.56. The molecule has 1 saturated heterocycles. The van der Waals surface area contributed by atoms with Crippen LogP contribution in [-0.2, 0) is 9.53 Å². The molecule has 0 radical (unpaired) electrons. The van der Waals surface area contributed by atoms with Gasteiger partial charge in [0, 0.05) is 42.3 Å².